The molecule has 1 fully saturated rings. The fraction of sp³-hybridized carbons (Fsp3) is 0.286. The first-order chi connectivity index (χ1) is 12.7. The number of nitrogens with one attached hydrogen (secondary N) is 1. The maximum atomic E-state index is 11.4. The predicted molar refractivity (Wildman–Crippen MR) is 104 cm³/mol. The van der Waals surface area contributed by atoms with E-state index in [1.807, 2.05) is 23.1 Å². The second kappa shape index (κ2) is 7.12. The highest BCUT2D eigenvalue weighted by atomic mass is 16.2. The Balaban J connectivity index is 1.47. The zero-order valence-corrected chi connectivity index (χ0v) is 14.9. The summed E-state index contributed by atoms with van der Waals surface area (Å²) < 4.78 is 0. The number of rotatable bonds is 4. The molecule has 1 atom stereocenters. The molecule has 0 bridgehead atoms. The lowest BCUT2D eigenvalue weighted by atomic mass is 10.1. The largest absolute Gasteiger partial charge is 0.354 e. The van der Waals surface area contributed by atoms with E-state index in [9.17, 15) is 4.79 Å². The molecule has 5 heteroatoms. The van der Waals surface area contributed by atoms with Crippen molar-refractivity contribution in [3.63, 3.8) is 0 Å². The van der Waals surface area contributed by atoms with Gasteiger partial charge in [0, 0.05) is 38.3 Å². The van der Waals surface area contributed by atoms with E-state index in [0.717, 1.165) is 37.3 Å². The smallest absolute Gasteiger partial charge is 0.223 e. The number of amides is 1. The van der Waals surface area contributed by atoms with Gasteiger partial charge in [0.15, 0.2) is 0 Å². The number of hydrogen-bond acceptors (Lipinski definition) is 4. The van der Waals surface area contributed by atoms with Crippen molar-refractivity contribution in [2.45, 2.75) is 13.3 Å². The average molecular weight is 346 g/mol. The Kier molecular flexibility index (Phi) is 4.52. The van der Waals surface area contributed by atoms with Crippen LogP contribution in [0.4, 0.5) is 5.95 Å². The Labute approximate surface area is 153 Å². The zero-order valence-electron chi connectivity index (χ0n) is 14.9. The highest BCUT2D eigenvalue weighted by molar-refractivity contribution is 5.86. The molecule has 3 aromatic rings. The minimum Gasteiger partial charge on any atom is -0.354 e. The van der Waals surface area contributed by atoms with Crippen molar-refractivity contribution in [1.82, 2.24) is 14.9 Å². The van der Waals surface area contributed by atoms with Gasteiger partial charge in [-0.1, -0.05) is 36.4 Å². The van der Waals surface area contributed by atoms with Crippen molar-refractivity contribution in [2.24, 2.45) is 5.92 Å². The molecule has 1 saturated heterocycles. The maximum absolute atomic E-state index is 11.4. The Hall–Kier alpha value is -2.95. The van der Waals surface area contributed by atoms with E-state index < -0.39 is 0 Å². The molecule has 132 valence electrons. The van der Waals surface area contributed by atoms with E-state index >= 15 is 0 Å². The van der Waals surface area contributed by atoms with Crippen molar-refractivity contribution in [1.29, 1.82) is 0 Å². The van der Waals surface area contributed by atoms with Crippen LogP contribution < -0.4 is 5.32 Å². The van der Waals surface area contributed by atoms with Gasteiger partial charge >= 0.3 is 0 Å². The van der Waals surface area contributed by atoms with Crippen LogP contribution in [0.5, 0.6) is 0 Å². The SMILES string of the molecule is CC(=O)N1CC[C@H](CNc2nccc(-c3ccc4ccccc4c3)n2)C1. The first kappa shape index (κ1) is 16.5. The number of hydrogen-bond donors (Lipinski definition) is 1. The molecule has 1 aliphatic rings. The third kappa shape index (κ3) is 3.52. The molecule has 2 heterocycles. The van der Waals surface area contributed by atoms with Gasteiger partial charge in [0.05, 0.1) is 5.69 Å². The summed E-state index contributed by atoms with van der Waals surface area (Å²) in [7, 11) is 0. The predicted octanol–water partition coefficient (Wildman–Crippen LogP) is 3.58. The van der Waals surface area contributed by atoms with Gasteiger partial charge in [-0.15, -0.1) is 0 Å². The van der Waals surface area contributed by atoms with Crippen LogP contribution in [0.1, 0.15) is 13.3 Å². The fourth-order valence-electron chi connectivity index (χ4n) is 3.47. The summed E-state index contributed by atoms with van der Waals surface area (Å²) >= 11 is 0. The molecule has 4 rings (SSSR count). The number of carbonyl (C=O) groups is 1. The van der Waals surface area contributed by atoms with Gasteiger partial charge in [0.25, 0.3) is 0 Å². The topological polar surface area (TPSA) is 58.1 Å². The summed E-state index contributed by atoms with van der Waals surface area (Å²) in [5, 5.41) is 5.76. The minimum atomic E-state index is 0.155. The molecule has 1 aliphatic heterocycles. The van der Waals surface area contributed by atoms with Crippen LogP contribution >= 0.6 is 0 Å². The van der Waals surface area contributed by atoms with Crippen LogP contribution in [0.3, 0.4) is 0 Å². The van der Waals surface area contributed by atoms with Crippen molar-refractivity contribution >= 4 is 22.6 Å². The van der Waals surface area contributed by atoms with Gasteiger partial charge in [-0.25, -0.2) is 9.97 Å². The minimum absolute atomic E-state index is 0.155. The van der Waals surface area contributed by atoms with E-state index in [2.05, 4.69) is 45.6 Å². The Morgan fingerprint density at radius 1 is 1.19 bits per heavy atom. The number of likely N-dealkylation sites (tertiary alicyclic amines) is 1. The van der Waals surface area contributed by atoms with Crippen LogP contribution in [0.25, 0.3) is 22.0 Å². The number of nitrogens with zero attached hydrogens (tertiary/aromatic N) is 3. The number of fused-ring (bicyclic) bond motifs is 1. The molecule has 0 saturated carbocycles. The molecule has 0 spiro atoms. The second-order valence-corrected chi connectivity index (χ2v) is 6.83. The van der Waals surface area contributed by atoms with Crippen molar-refractivity contribution < 1.29 is 4.79 Å². The lowest BCUT2D eigenvalue weighted by molar-refractivity contribution is -0.127. The molecule has 1 aromatic heterocycles. The van der Waals surface area contributed by atoms with E-state index in [4.69, 9.17) is 0 Å². The molecular weight excluding hydrogens is 324 g/mol. The first-order valence-electron chi connectivity index (χ1n) is 9.00. The molecule has 2 aromatic carbocycles. The van der Waals surface area contributed by atoms with Crippen molar-refractivity contribution in [2.75, 3.05) is 25.0 Å². The molecule has 26 heavy (non-hydrogen) atoms. The summed E-state index contributed by atoms with van der Waals surface area (Å²) in [6.07, 6.45) is 2.81. The molecule has 0 aliphatic carbocycles. The first-order valence-corrected chi connectivity index (χ1v) is 9.00. The van der Waals surface area contributed by atoms with Crippen molar-refractivity contribution in [3.8, 4) is 11.3 Å². The molecular formula is C21H22N4O. The maximum Gasteiger partial charge on any atom is 0.223 e. The van der Waals surface area contributed by atoms with E-state index in [0.29, 0.717) is 11.9 Å². The summed E-state index contributed by atoms with van der Waals surface area (Å²) in [6.45, 7) is 4.07. The highest BCUT2D eigenvalue weighted by Crippen LogP contribution is 2.23. The van der Waals surface area contributed by atoms with Crippen LogP contribution in [-0.2, 0) is 4.79 Å². The Morgan fingerprint density at radius 2 is 2.04 bits per heavy atom. The standard InChI is InChI=1S/C21H22N4O/c1-15(26)25-11-9-16(14-25)13-23-21-22-10-8-20(24-21)19-7-6-17-4-2-3-5-18(17)12-19/h2-8,10,12,16H,9,11,13-14H2,1H3,(H,22,23,24)/t16-/m1/s1. The van der Waals surface area contributed by atoms with Crippen LogP contribution in [0, 0.1) is 5.92 Å². The lowest BCUT2D eigenvalue weighted by Crippen LogP contribution is -2.27. The summed E-state index contributed by atoms with van der Waals surface area (Å²) in [5.74, 6) is 1.24. The molecule has 0 radical (unpaired) electrons. The molecule has 1 amide bonds. The molecule has 0 unspecified atom stereocenters. The number of aromatic nitrogens is 2. The van der Waals surface area contributed by atoms with E-state index in [-0.39, 0.29) is 5.91 Å². The second-order valence-electron chi connectivity index (χ2n) is 6.83. The quantitative estimate of drug-likeness (QED) is 0.784. The molecule has 5 nitrogen and oxygen atoms in total. The highest BCUT2D eigenvalue weighted by Gasteiger charge is 2.23. The normalized spacial score (nSPS) is 16.8. The van der Waals surface area contributed by atoms with Gasteiger partial charge in [-0.3, -0.25) is 4.79 Å². The third-order valence-corrected chi connectivity index (χ3v) is 4.98. The summed E-state index contributed by atoms with van der Waals surface area (Å²) in [4.78, 5) is 22.3. The van der Waals surface area contributed by atoms with Crippen LogP contribution in [-0.4, -0.2) is 40.4 Å². The Bertz CT molecular complexity index is 940. The number of anilines is 1. The average Bonchev–Trinajstić information content (AvgIpc) is 3.16. The summed E-state index contributed by atoms with van der Waals surface area (Å²) in [5.41, 5.74) is 1.99. The third-order valence-electron chi connectivity index (χ3n) is 4.98. The van der Waals surface area contributed by atoms with Crippen molar-refractivity contribution in [3.05, 3.63) is 54.7 Å². The lowest BCUT2D eigenvalue weighted by Gasteiger charge is -2.14. The Morgan fingerprint density at radius 3 is 2.85 bits per heavy atom. The summed E-state index contributed by atoms with van der Waals surface area (Å²) in [6, 6.07) is 16.6. The fourth-order valence-corrected chi connectivity index (χ4v) is 3.47. The molecule has 1 N–H and O–H groups in total. The van der Waals surface area contributed by atoms with E-state index in [1.54, 1.807) is 13.1 Å². The van der Waals surface area contributed by atoms with Gasteiger partial charge in [0.2, 0.25) is 11.9 Å². The van der Waals surface area contributed by atoms with Gasteiger partial charge < -0.3 is 10.2 Å². The monoisotopic (exact) mass is 346 g/mol. The van der Waals surface area contributed by atoms with Crippen LogP contribution in [0.15, 0.2) is 54.7 Å². The van der Waals surface area contributed by atoms with Gasteiger partial charge in [0.1, 0.15) is 0 Å². The van der Waals surface area contributed by atoms with Crippen LogP contribution in [0.2, 0.25) is 0 Å². The van der Waals surface area contributed by atoms with E-state index in [1.165, 1.54) is 10.8 Å². The number of carbonyl (C=O) groups excluding carboxylic acids is 1. The van der Waals surface area contributed by atoms with Gasteiger partial charge in [-0.05, 0) is 35.2 Å². The number of benzene rings is 2. The zero-order chi connectivity index (χ0) is 17.9. The van der Waals surface area contributed by atoms with Gasteiger partial charge in [-0.2, -0.15) is 0 Å².